The zero-order valence-electron chi connectivity index (χ0n) is 15.9. The van der Waals surface area contributed by atoms with Crippen molar-refractivity contribution in [3.8, 4) is 5.75 Å². The Morgan fingerprint density at radius 1 is 1.14 bits per heavy atom. The minimum Gasteiger partial charge on any atom is -0.484 e. The maximum Gasteiger partial charge on any atom is 0.262 e. The number of primary amides is 1. The van der Waals surface area contributed by atoms with E-state index < -0.39 is 11.8 Å². The normalized spacial score (nSPS) is 16.1. The van der Waals surface area contributed by atoms with Crippen LogP contribution < -0.4 is 20.7 Å². The van der Waals surface area contributed by atoms with Gasteiger partial charge in [-0.2, -0.15) is 0 Å². The van der Waals surface area contributed by atoms with Crippen molar-refractivity contribution >= 4 is 29.1 Å². The molecule has 0 saturated carbocycles. The molecule has 1 fully saturated rings. The quantitative estimate of drug-likeness (QED) is 0.800. The van der Waals surface area contributed by atoms with Crippen molar-refractivity contribution in [2.24, 2.45) is 11.7 Å². The van der Waals surface area contributed by atoms with Crippen LogP contribution in [0.25, 0.3) is 0 Å². The first kappa shape index (κ1) is 19.4. The van der Waals surface area contributed by atoms with Crippen molar-refractivity contribution in [3.05, 3.63) is 53.6 Å². The molecule has 3 N–H and O–H groups in total. The van der Waals surface area contributed by atoms with Gasteiger partial charge in [0, 0.05) is 24.3 Å². The van der Waals surface area contributed by atoms with Crippen LogP contribution in [0, 0.1) is 19.8 Å². The fourth-order valence-electron chi connectivity index (χ4n) is 3.26. The van der Waals surface area contributed by atoms with Gasteiger partial charge in [-0.15, -0.1) is 0 Å². The predicted molar refractivity (Wildman–Crippen MR) is 106 cm³/mol. The number of rotatable bonds is 6. The Morgan fingerprint density at radius 3 is 2.36 bits per heavy atom. The van der Waals surface area contributed by atoms with E-state index in [2.05, 4.69) is 5.32 Å². The van der Waals surface area contributed by atoms with Gasteiger partial charge in [0.25, 0.3) is 5.91 Å². The lowest BCUT2D eigenvalue weighted by Crippen LogP contribution is -2.28. The van der Waals surface area contributed by atoms with Crippen LogP contribution in [-0.2, 0) is 14.4 Å². The van der Waals surface area contributed by atoms with Crippen molar-refractivity contribution in [2.45, 2.75) is 20.3 Å². The highest BCUT2D eigenvalue weighted by atomic mass is 16.5. The second kappa shape index (κ2) is 8.12. The Balaban J connectivity index is 1.55. The van der Waals surface area contributed by atoms with E-state index in [0.29, 0.717) is 11.4 Å². The molecule has 1 saturated heterocycles. The highest BCUT2D eigenvalue weighted by molar-refractivity contribution is 6.00. The molecule has 0 bridgehead atoms. The van der Waals surface area contributed by atoms with Crippen molar-refractivity contribution in [1.29, 1.82) is 0 Å². The molecule has 0 aliphatic carbocycles. The predicted octanol–water partition coefficient (Wildman–Crippen LogP) is 2.16. The van der Waals surface area contributed by atoms with E-state index in [1.807, 2.05) is 32.0 Å². The number of nitrogens with zero attached hydrogens (tertiary/aromatic N) is 1. The van der Waals surface area contributed by atoms with E-state index in [9.17, 15) is 14.4 Å². The summed E-state index contributed by atoms with van der Waals surface area (Å²) in [4.78, 5) is 37.0. The van der Waals surface area contributed by atoms with Gasteiger partial charge in [0.2, 0.25) is 11.8 Å². The lowest BCUT2D eigenvalue weighted by atomic mass is 10.1. The molecule has 28 heavy (non-hydrogen) atoms. The molecule has 146 valence electrons. The lowest BCUT2D eigenvalue weighted by molar-refractivity contribution is -0.123. The maximum atomic E-state index is 12.1. The van der Waals surface area contributed by atoms with E-state index >= 15 is 0 Å². The molecule has 1 aliphatic heterocycles. The molecule has 3 amide bonds. The number of carbonyl (C=O) groups excluding carboxylic acids is 3. The minimum absolute atomic E-state index is 0.126. The van der Waals surface area contributed by atoms with Gasteiger partial charge in [0.15, 0.2) is 6.61 Å². The minimum atomic E-state index is -0.467. The summed E-state index contributed by atoms with van der Waals surface area (Å²) in [7, 11) is 0. The molecule has 1 atom stereocenters. The van der Waals surface area contributed by atoms with Gasteiger partial charge in [-0.05, 0) is 61.4 Å². The van der Waals surface area contributed by atoms with Crippen LogP contribution in [0.15, 0.2) is 42.5 Å². The molecule has 7 heteroatoms. The van der Waals surface area contributed by atoms with Crippen molar-refractivity contribution in [2.75, 3.05) is 23.4 Å². The zero-order chi connectivity index (χ0) is 20.3. The second-order valence-corrected chi connectivity index (χ2v) is 7.01. The van der Waals surface area contributed by atoms with Gasteiger partial charge < -0.3 is 20.7 Å². The number of ether oxygens (including phenoxy) is 1. The van der Waals surface area contributed by atoms with Crippen LogP contribution in [0.4, 0.5) is 11.4 Å². The molecule has 0 unspecified atom stereocenters. The number of anilines is 2. The fraction of sp³-hybridized carbons (Fsp3) is 0.286. The van der Waals surface area contributed by atoms with E-state index in [1.54, 1.807) is 24.3 Å². The number of aryl methyl sites for hydroxylation is 2. The average molecular weight is 381 g/mol. The second-order valence-electron chi connectivity index (χ2n) is 7.01. The number of amides is 3. The van der Waals surface area contributed by atoms with Gasteiger partial charge in [-0.25, -0.2) is 0 Å². The Bertz CT molecular complexity index is 888. The van der Waals surface area contributed by atoms with Gasteiger partial charge in [-0.3, -0.25) is 14.4 Å². The summed E-state index contributed by atoms with van der Waals surface area (Å²) in [5.74, 6) is -0.807. The summed E-state index contributed by atoms with van der Waals surface area (Å²) in [6.45, 7) is 4.10. The molecule has 3 rings (SSSR count). The molecule has 7 nitrogen and oxygen atoms in total. The average Bonchev–Trinajstić information content (AvgIpc) is 3.02. The van der Waals surface area contributed by atoms with Crippen molar-refractivity contribution in [3.63, 3.8) is 0 Å². The largest absolute Gasteiger partial charge is 0.484 e. The third kappa shape index (κ3) is 4.68. The topological polar surface area (TPSA) is 102 Å². The molecule has 1 aliphatic rings. The third-order valence-corrected chi connectivity index (χ3v) is 4.55. The molecular weight excluding hydrogens is 358 g/mol. The molecule has 0 aromatic heterocycles. The molecule has 0 radical (unpaired) electrons. The van der Waals surface area contributed by atoms with Crippen LogP contribution in [0.5, 0.6) is 5.75 Å². The van der Waals surface area contributed by atoms with Crippen molar-refractivity contribution < 1.29 is 19.1 Å². The van der Waals surface area contributed by atoms with Crippen molar-refractivity contribution in [1.82, 2.24) is 0 Å². The Hall–Kier alpha value is -3.35. The van der Waals surface area contributed by atoms with Crippen LogP contribution in [0.3, 0.4) is 0 Å². The number of nitrogens with two attached hydrogens (primary N) is 1. The van der Waals surface area contributed by atoms with Gasteiger partial charge >= 0.3 is 0 Å². The highest BCUT2D eigenvalue weighted by Gasteiger charge is 2.33. The standard InChI is InChI=1S/C21H23N3O4/c1-13-7-14(2)9-16(8-13)23-19(25)12-28-18-5-3-17(4-6-18)24-11-15(21(22)27)10-20(24)26/h3-9,15H,10-12H2,1-2H3,(H2,22,27)(H,23,25)/t15-/m0/s1. The zero-order valence-corrected chi connectivity index (χ0v) is 15.9. The molecular formula is C21H23N3O4. The summed E-state index contributed by atoms with van der Waals surface area (Å²) in [5, 5.41) is 2.81. The van der Waals surface area contributed by atoms with Gasteiger partial charge in [0.1, 0.15) is 5.75 Å². The fourth-order valence-corrected chi connectivity index (χ4v) is 3.26. The SMILES string of the molecule is Cc1cc(C)cc(NC(=O)COc2ccc(N3C[C@@H](C(N)=O)CC3=O)cc2)c1. The van der Waals surface area contributed by atoms with E-state index in [-0.39, 0.29) is 31.4 Å². The summed E-state index contributed by atoms with van der Waals surface area (Å²) >= 11 is 0. The first-order chi connectivity index (χ1) is 13.3. The summed E-state index contributed by atoms with van der Waals surface area (Å²) in [6.07, 6.45) is 0.131. The first-order valence-corrected chi connectivity index (χ1v) is 9.02. The van der Waals surface area contributed by atoms with Gasteiger partial charge in [0.05, 0.1) is 5.92 Å². The van der Waals surface area contributed by atoms with E-state index in [4.69, 9.17) is 10.5 Å². The van der Waals surface area contributed by atoms with Crippen LogP contribution in [0.1, 0.15) is 17.5 Å². The Morgan fingerprint density at radius 2 is 1.79 bits per heavy atom. The smallest absolute Gasteiger partial charge is 0.262 e. The first-order valence-electron chi connectivity index (χ1n) is 9.02. The number of hydrogen-bond donors (Lipinski definition) is 2. The third-order valence-electron chi connectivity index (χ3n) is 4.55. The summed E-state index contributed by atoms with van der Waals surface area (Å²) in [5.41, 5.74) is 8.83. The Kier molecular flexibility index (Phi) is 5.63. The van der Waals surface area contributed by atoms with E-state index in [1.165, 1.54) is 4.90 Å². The number of benzene rings is 2. The lowest BCUT2D eigenvalue weighted by Gasteiger charge is -2.16. The van der Waals surface area contributed by atoms with Crippen LogP contribution in [-0.4, -0.2) is 30.9 Å². The Labute approximate surface area is 163 Å². The number of carbonyl (C=O) groups is 3. The molecule has 2 aromatic rings. The monoisotopic (exact) mass is 381 g/mol. The highest BCUT2D eigenvalue weighted by Crippen LogP contribution is 2.26. The molecule has 1 heterocycles. The molecule has 2 aromatic carbocycles. The summed E-state index contributed by atoms with van der Waals surface area (Å²) < 4.78 is 5.51. The van der Waals surface area contributed by atoms with Crippen LogP contribution >= 0.6 is 0 Å². The van der Waals surface area contributed by atoms with Crippen LogP contribution in [0.2, 0.25) is 0 Å². The number of hydrogen-bond acceptors (Lipinski definition) is 4. The maximum absolute atomic E-state index is 12.1. The van der Waals surface area contributed by atoms with E-state index in [0.717, 1.165) is 16.8 Å². The summed E-state index contributed by atoms with van der Waals surface area (Å²) in [6, 6.07) is 12.6. The van der Waals surface area contributed by atoms with Gasteiger partial charge in [-0.1, -0.05) is 6.07 Å². The number of nitrogens with one attached hydrogen (secondary N) is 1. The molecule has 0 spiro atoms.